The van der Waals surface area contributed by atoms with Gasteiger partial charge in [0.25, 0.3) is 0 Å². The van der Waals surface area contributed by atoms with E-state index in [4.69, 9.17) is 11.6 Å². The fraction of sp³-hybridized carbons (Fsp3) is 0.286. The largest absolute Gasteiger partial charge is 0.368 e. The third-order valence-electron chi connectivity index (χ3n) is 5.27. The second kappa shape index (κ2) is 7.83. The second-order valence-corrected chi connectivity index (χ2v) is 7.61. The van der Waals surface area contributed by atoms with Crippen LogP contribution in [-0.2, 0) is 27.2 Å². The summed E-state index contributed by atoms with van der Waals surface area (Å²) in [6.45, 7) is 1.69. The molecule has 0 bridgehead atoms. The molecule has 0 saturated carbocycles. The number of ketones is 1. The standard InChI is InChI=1S/C21H19ClFN3O3/c22-18-4-3-16(12-19(18)23)25-5-7-26(8-6-25)21(29)20(28)24-15-2-1-13-10-17(27)11-14(13)9-15/h1-4,9,12H,5-8,10-11H2,(H,24,28). The first-order valence-electron chi connectivity index (χ1n) is 9.34. The van der Waals surface area contributed by atoms with Crippen molar-refractivity contribution in [2.45, 2.75) is 12.8 Å². The first kappa shape index (κ1) is 19.4. The zero-order valence-corrected chi connectivity index (χ0v) is 16.3. The number of Topliss-reactive ketones (excluding diaryl/α,β-unsaturated/α-hetero) is 1. The molecule has 2 aromatic rings. The van der Waals surface area contributed by atoms with Crippen LogP contribution in [0.2, 0.25) is 5.02 Å². The highest BCUT2D eigenvalue weighted by Crippen LogP contribution is 2.24. The first-order chi connectivity index (χ1) is 13.9. The molecule has 0 spiro atoms. The maximum atomic E-state index is 13.7. The Bertz CT molecular complexity index is 1000. The molecule has 1 saturated heterocycles. The van der Waals surface area contributed by atoms with E-state index in [0.29, 0.717) is 50.4 Å². The van der Waals surface area contributed by atoms with Crippen molar-refractivity contribution in [3.05, 3.63) is 58.4 Å². The molecular formula is C21H19ClFN3O3. The average Bonchev–Trinajstić information content (AvgIpc) is 3.09. The van der Waals surface area contributed by atoms with Gasteiger partial charge in [0.05, 0.1) is 5.02 Å². The number of piperazine rings is 1. The van der Waals surface area contributed by atoms with Gasteiger partial charge in [-0.15, -0.1) is 0 Å². The zero-order valence-electron chi connectivity index (χ0n) is 15.6. The predicted octanol–water partition coefficient (Wildman–Crippen LogP) is 2.43. The monoisotopic (exact) mass is 415 g/mol. The Morgan fingerprint density at radius 1 is 0.966 bits per heavy atom. The van der Waals surface area contributed by atoms with Crippen LogP contribution in [0.5, 0.6) is 0 Å². The van der Waals surface area contributed by atoms with Crippen molar-refractivity contribution in [2.24, 2.45) is 0 Å². The van der Waals surface area contributed by atoms with Crippen LogP contribution in [0.15, 0.2) is 36.4 Å². The first-order valence-corrected chi connectivity index (χ1v) is 9.72. The summed E-state index contributed by atoms with van der Waals surface area (Å²) in [5.74, 6) is -1.65. The molecule has 6 nitrogen and oxygen atoms in total. The number of nitrogens with one attached hydrogen (secondary N) is 1. The van der Waals surface area contributed by atoms with Crippen molar-refractivity contribution in [1.82, 2.24) is 4.90 Å². The van der Waals surface area contributed by atoms with Crippen molar-refractivity contribution >= 4 is 40.6 Å². The molecule has 1 fully saturated rings. The summed E-state index contributed by atoms with van der Waals surface area (Å²) in [6, 6.07) is 9.86. The number of rotatable bonds is 2. The van der Waals surface area contributed by atoms with Crippen LogP contribution in [0, 0.1) is 5.82 Å². The van der Waals surface area contributed by atoms with Gasteiger partial charge in [-0.2, -0.15) is 0 Å². The van der Waals surface area contributed by atoms with Crippen LogP contribution in [0.3, 0.4) is 0 Å². The Hall–Kier alpha value is -2.93. The molecule has 150 valence electrons. The number of hydrogen-bond donors (Lipinski definition) is 1. The Balaban J connectivity index is 1.34. The molecule has 0 unspecified atom stereocenters. The fourth-order valence-corrected chi connectivity index (χ4v) is 3.82. The van der Waals surface area contributed by atoms with Crippen LogP contribution >= 0.6 is 11.6 Å². The quantitative estimate of drug-likeness (QED) is 0.765. The number of fused-ring (bicyclic) bond motifs is 1. The minimum Gasteiger partial charge on any atom is -0.368 e. The Kier molecular flexibility index (Phi) is 5.24. The second-order valence-electron chi connectivity index (χ2n) is 7.21. The number of halogens is 2. The third kappa shape index (κ3) is 4.10. The summed E-state index contributed by atoms with van der Waals surface area (Å²) < 4.78 is 13.7. The maximum absolute atomic E-state index is 13.7. The van der Waals surface area contributed by atoms with Gasteiger partial charge in [-0.3, -0.25) is 14.4 Å². The molecular weight excluding hydrogens is 397 g/mol. The normalized spacial score (nSPS) is 16.0. The van der Waals surface area contributed by atoms with Crippen LogP contribution in [-0.4, -0.2) is 48.7 Å². The minimum atomic E-state index is -0.708. The van der Waals surface area contributed by atoms with Gasteiger partial charge in [0.1, 0.15) is 11.6 Å². The van der Waals surface area contributed by atoms with E-state index < -0.39 is 17.6 Å². The summed E-state index contributed by atoms with van der Waals surface area (Å²) in [5.41, 5.74) is 3.06. The Labute approximate surface area is 172 Å². The van der Waals surface area contributed by atoms with Crippen LogP contribution < -0.4 is 10.2 Å². The molecule has 8 heteroatoms. The van der Waals surface area contributed by atoms with Gasteiger partial charge in [-0.05, 0) is 41.5 Å². The van der Waals surface area contributed by atoms with E-state index >= 15 is 0 Å². The van der Waals surface area contributed by atoms with Gasteiger partial charge in [0.15, 0.2) is 0 Å². The lowest BCUT2D eigenvalue weighted by molar-refractivity contribution is -0.143. The highest BCUT2D eigenvalue weighted by Gasteiger charge is 2.27. The number of amides is 2. The molecule has 29 heavy (non-hydrogen) atoms. The van der Waals surface area contributed by atoms with Crippen molar-refractivity contribution in [3.63, 3.8) is 0 Å². The zero-order chi connectivity index (χ0) is 20.5. The summed E-state index contributed by atoms with van der Waals surface area (Å²) >= 11 is 5.72. The summed E-state index contributed by atoms with van der Waals surface area (Å²) in [4.78, 5) is 39.8. The number of nitrogens with zero attached hydrogens (tertiary/aromatic N) is 2. The molecule has 0 aromatic heterocycles. The van der Waals surface area contributed by atoms with Crippen molar-refractivity contribution in [3.8, 4) is 0 Å². The smallest absolute Gasteiger partial charge is 0.313 e. The van der Waals surface area contributed by atoms with Crippen molar-refractivity contribution < 1.29 is 18.8 Å². The molecule has 1 heterocycles. The number of hydrogen-bond acceptors (Lipinski definition) is 4. The highest BCUT2D eigenvalue weighted by atomic mass is 35.5. The van der Waals surface area contributed by atoms with Gasteiger partial charge in [0, 0.05) is 50.4 Å². The molecule has 2 aliphatic rings. The highest BCUT2D eigenvalue weighted by molar-refractivity contribution is 6.39. The van der Waals surface area contributed by atoms with Gasteiger partial charge in [-0.1, -0.05) is 17.7 Å². The molecule has 0 radical (unpaired) electrons. The predicted molar refractivity (Wildman–Crippen MR) is 108 cm³/mol. The summed E-state index contributed by atoms with van der Waals surface area (Å²) in [7, 11) is 0. The Morgan fingerprint density at radius 2 is 1.69 bits per heavy atom. The average molecular weight is 416 g/mol. The summed E-state index contributed by atoms with van der Waals surface area (Å²) in [6.07, 6.45) is 0.782. The lowest BCUT2D eigenvalue weighted by Gasteiger charge is -2.35. The molecule has 2 amide bonds. The lowest BCUT2D eigenvalue weighted by Crippen LogP contribution is -2.51. The minimum absolute atomic E-state index is 0.0650. The topological polar surface area (TPSA) is 69.7 Å². The molecule has 1 aliphatic heterocycles. The van der Waals surface area contributed by atoms with Gasteiger partial charge in [0.2, 0.25) is 0 Å². The van der Waals surface area contributed by atoms with Gasteiger partial charge >= 0.3 is 11.8 Å². The molecule has 1 aliphatic carbocycles. The van der Waals surface area contributed by atoms with E-state index in [1.807, 2.05) is 11.0 Å². The van der Waals surface area contributed by atoms with E-state index in [2.05, 4.69) is 5.32 Å². The van der Waals surface area contributed by atoms with Gasteiger partial charge in [-0.25, -0.2) is 4.39 Å². The maximum Gasteiger partial charge on any atom is 0.313 e. The lowest BCUT2D eigenvalue weighted by atomic mass is 10.1. The number of carbonyl (C=O) groups is 3. The van der Waals surface area contributed by atoms with Crippen molar-refractivity contribution in [1.29, 1.82) is 0 Å². The number of benzene rings is 2. The molecule has 2 aromatic carbocycles. The van der Waals surface area contributed by atoms with Crippen LogP contribution in [0.4, 0.5) is 15.8 Å². The SMILES string of the molecule is O=C1Cc2ccc(NC(=O)C(=O)N3CCN(c4ccc(Cl)c(F)c4)CC3)cc2C1. The fourth-order valence-electron chi connectivity index (χ4n) is 3.71. The van der Waals surface area contributed by atoms with Crippen LogP contribution in [0.1, 0.15) is 11.1 Å². The van der Waals surface area contributed by atoms with E-state index in [9.17, 15) is 18.8 Å². The van der Waals surface area contributed by atoms with E-state index in [-0.39, 0.29) is 10.8 Å². The van der Waals surface area contributed by atoms with E-state index in [0.717, 1.165) is 11.1 Å². The molecule has 1 N–H and O–H groups in total. The van der Waals surface area contributed by atoms with E-state index in [1.165, 1.54) is 17.0 Å². The van der Waals surface area contributed by atoms with E-state index in [1.54, 1.807) is 18.2 Å². The van der Waals surface area contributed by atoms with Crippen LogP contribution in [0.25, 0.3) is 0 Å². The number of anilines is 2. The Morgan fingerprint density at radius 3 is 2.41 bits per heavy atom. The third-order valence-corrected chi connectivity index (χ3v) is 5.58. The van der Waals surface area contributed by atoms with Gasteiger partial charge < -0.3 is 15.1 Å². The van der Waals surface area contributed by atoms with Crippen molar-refractivity contribution in [2.75, 3.05) is 36.4 Å². The molecule has 0 atom stereocenters. The number of carbonyl (C=O) groups excluding carboxylic acids is 3. The summed E-state index contributed by atoms with van der Waals surface area (Å²) in [5, 5.41) is 2.69. The molecule has 4 rings (SSSR count).